The first-order valence-corrected chi connectivity index (χ1v) is 6.29. The summed E-state index contributed by atoms with van der Waals surface area (Å²) in [5.74, 6) is 0.984. The molecule has 0 bridgehead atoms. The molecule has 1 saturated heterocycles. The van der Waals surface area contributed by atoms with Crippen molar-refractivity contribution >= 4 is 23.2 Å². The molecule has 1 aliphatic heterocycles. The molecule has 1 aromatic rings. The van der Waals surface area contributed by atoms with Gasteiger partial charge in [0, 0.05) is 24.1 Å². The molecule has 2 unspecified atom stereocenters. The van der Waals surface area contributed by atoms with Crippen LogP contribution < -0.4 is 10.1 Å². The van der Waals surface area contributed by atoms with E-state index in [1.54, 1.807) is 13.2 Å². The Hall–Kier alpha value is -0.480. The van der Waals surface area contributed by atoms with E-state index < -0.39 is 0 Å². The van der Waals surface area contributed by atoms with Crippen LogP contribution in [0.4, 0.5) is 0 Å². The molecule has 0 radical (unpaired) electrons. The van der Waals surface area contributed by atoms with Crippen LogP contribution in [0.15, 0.2) is 12.1 Å². The van der Waals surface area contributed by atoms with Crippen LogP contribution in [-0.4, -0.2) is 31.4 Å². The van der Waals surface area contributed by atoms with Gasteiger partial charge in [0.15, 0.2) is 0 Å². The fourth-order valence-electron chi connectivity index (χ4n) is 2.29. The molecule has 1 fully saturated rings. The zero-order valence-corrected chi connectivity index (χ0v) is 11.1. The van der Waals surface area contributed by atoms with Crippen molar-refractivity contribution in [1.82, 2.24) is 5.32 Å². The summed E-state index contributed by atoms with van der Waals surface area (Å²) in [5, 5.41) is 13.5. The number of hydrogen-bond donors (Lipinski definition) is 2. The minimum atomic E-state index is 0.125. The van der Waals surface area contributed by atoms with Crippen molar-refractivity contribution in [2.24, 2.45) is 0 Å². The topological polar surface area (TPSA) is 41.5 Å². The summed E-state index contributed by atoms with van der Waals surface area (Å²) in [5.41, 5.74) is 0.935. The van der Waals surface area contributed by atoms with E-state index in [2.05, 4.69) is 5.32 Å². The van der Waals surface area contributed by atoms with E-state index in [0.29, 0.717) is 10.0 Å². The third kappa shape index (κ3) is 2.52. The Balaban J connectivity index is 2.34. The fourth-order valence-corrected chi connectivity index (χ4v) is 2.76. The van der Waals surface area contributed by atoms with Gasteiger partial charge in [0.05, 0.1) is 23.8 Å². The first-order chi connectivity index (χ1) is 8.17. The molecule has 3 nitrogen and oxygen atoms in total. The van der Waals surface area contributed by atoms with Gasteiger partial charge in [0.25, 0.3) is 0 Å². The second-order valence-electron chi connectivity index (χ2n) is 4.20. The summed E-state index contributed by atoms with van der Waals surface area (Å²) in [6, 6.07) is 3.69. The Labute approximate surface area is 111 Å². The Kier molecular flexibility index (Phi) is 4.15. The van der Waals surface area contributed by atoms with Crippen LogP contribution in [0.1, 0.15) is 17.9 Å². The molecule has 0 aromatic heterocycles. The largest absolute Gasteiger partial charge is 0.496 e. The van der Waals surface area contributed by atoms with Crippen molar-refractivity contribution in [1.29, 1.82) is 0 Å². The first kappa shape index (κ1) is 13.0. The first-order valence-electron chi connectivity index (χ1n) is 5.53. The van der Waals surface area contributed by atoms with Crippen molar-refractivity contribution in [3.63, 3.8) is 0 Å². The monoisotopic (exact) mass is 275 g/mol. The summed E-state index contributed by atoms with van der Waals surface area (Å²) >= 11 is 12.3. The standard InChI is InChI=1S/C12H15Cl2NO2/c1-17-10-3-2-9(13)12(14)11(10)7-4-8(6-16)15-5-7/h2-3,7-8,15-16H,4-6H2,1H3. The van der Waals surface area contributed by atoms with E-state index >= 15 is 0 Å². The second-order valence-corrected chi connectivity index (χ2v) is 4.98. The van der Waals surface area contributed by atoms with Gasteiger partial charge < -0.3 is 15.2 Å². The minimum absolute atomic E-state index is 0.125. The Bertz CT molecular complexity index is 412. The molecular weight excluding hydrogens is 261 g/mol. The number of benzene rings is 1. The van der Waals surface area contributed by atoms with Crippen LogP contribution in [0, 0.1) is 0 Å². The highest BCUT2D eigenvalue weighted by Gasteiger charge is 2.29. The smallest absolute Gasteiger partial charge is 0.123 e. The van der Waals surface area contributed by atoms with Crippen LogP contribution in [-0.2, 0) is 0 Å². The highest BCUT2D eigenvalue weighted by molar-refractivity contribution is 6.42. The van der Waals surface area contributed by atoms with Gasteiger partial charge in [-0.05, 0) is 18.6 Å². The highest BCUT2D eigenvalue weighted by atomic mass is 35.5. The minimum Gasteiger partial charge on any atom is -0.496 e. The van der Waals surface area contributed by atoms with Crippen molar-refractivity contribution in [3.05, 3.63) is 27.7 Å². The van der Waals surface area contributed by atoms with Crippen LogP contribution in [0.3, 0.4) is 0 Å². The summed E-state index contributed by atoms with van der Waals surface area (Å²) in [7, 11) is 1.62. The molecule has 5 heteroatoms. The van der Waals surface area contributed by atoms with Gasteiger partial charge in [-0.1, -0.05) is 23.2 Å². The number of ether oxygens (including phenoxy) is 1. The normalized spacial score (nSPS) is 24.0. The number of halogens is 2. The zero-order chi connectivity index (χ0) is 12.4. The van der Waals surface area contributed by atoms with Crippen LogP contribution in [0.5, 0.6) is 5.75 Å². The molecule has 1 heterocycles. The SMILES string of the molecule is COc1ccc(Cl)c(Cl)c1C1CNC(CO)C1. The molecule has 0 aliphatic carbocycles. The van der Waals surface area contributed by atoms with E-state index in [1.807, 2.05) is 6.07 Å². The molecule has 1 aromatic carbocycles. The predicted molar refractivity (Wildman–Crippen MR) is 69.2 cm³/mol. The van der Waals surface area contributed by atoms with Crippen molar-refractivity contribution in [2.75, 3.05) is 20.3 Å². The van der Waals surface area contributed by atoms with Crippen LogP contribution in [0.25, 0.3) is 0 Å². The van der Waals surface area contributed by atoms with Crippen LogP contribution in [0.2, 0.25) is 10.0 Å². The molecule has 17 heavy (non-hydrogen) atoms. The Morgan fingerprint density at radius 3 is 2.82 bits per heavy atom. The van der Waals surface area contributed by atoms with E-state index in [0.717, 1.165) is 24.3 Å². The van der Waals surface area contributed by atoms with Crippen molar-refractivity contribution in [3.8, 4) is 5.75 Å². The van der Waals surface area contributed by atoms with E-state index in [-0.39, 0.29) is 18.6 Å². The molecule has 2 rings (SSSR count). The van der Waals surface area contributed by atoms with Gasteiger partial charge in [-0.2, -0.15) is 0 Å². The number of methoxy groups -OCH3 is 1. The van der Waals surface area contributed by atoms with Gasteiger partial charge in [0.1, 0.15) is 5.75 Å². The average Bonchev–Trinajstić information content (AvgIpc) is 2.80. The van der Waals surface area contributed by atoms with Gasteiger partial charge in [-0.3, -0.25) is 0 Å². The van der Waals surface area contributed by atoms with Gasteiger partial charge in [0.2, 0.25) is 0 Å². The van der Waals surface area contributed by atoms with Crippen LogP contribution >= 0.6 is 23.2 Å². The lowest BCUT2D eigenvalue weighted by atomic mass is 9.95. The summed E-state index contributed by atoms with van der Waals surface area (Å²) < 4.78 is 5.33. The number of rotatable bonds is 3. The van der Waals surface area contributed by atoms with Gasteiger partial charge in [-0.15, -0.1) is 0 Å². The van der Waals surface area contributed by atoms with Gasteiger partial charge >= 0.3 is 0 Å². The maximum absolute atomic E-state index is 9.13. The molecule has 0 amide bonds. The lowest BCUT2D eigenvalue weighted by Gasteiger charge is -2.16. The molecule has 0 saturated carbocycles. The second kappa shape index (κ2) is 5.44. The summed E-state index contributed by atoms with van der Waals surface area (Å²) in [6.45, 7) is 0.915. The fraction of sp³-hybridized carbons (Fsp3) is 0.500. The molecular formula is C12H15Cl2NO2. The quantitative estimate of drug-likeness (QED) is 0.891. The molecule has 2 N–H and O–H groups in total. The molecule has 1 aliphatic rings. The number of hydrogen-bond acceptors (Lipinski definition) is 3. The summed E-state index contributed by atoms with van der Waals surface area (Å²) in [4.78, 5) is 0. The molecule has 94 valence electrons. The van der Waals surface area contributed by atoms with E-state index in [1.165, 1.54) is 0 Å². The van der Waals surface area contributed by atoms with E-state index in [9.17, 15) is 0 Å². The maximum atomic E-state index is 9.13. The Morgan fingerprint density at radius 1 is 1.47 bits per heavy atom. The number of aliphatic hydroxyl groups is 1. The lowest BCUT2D eigenvalue weighted by Crippen LogP contribution is -2.24. The molecule has 2 atom stereocenters. The zero-order valence-electron chi connectivity index (χ0n) is 9.54. The van der Waals surface area contributed by atoms with Crippen molar-refractivity contribution < 1.29 is 9.84 Å². The Morgan fingerprint density at radius 2 is 2.24 bits per heavy atom. The predicted octanol–water partition coefficient (Wildman–Crippen LogP) is 2.44. The maximum Gasteiger partial charge on any atom is 0.123 e. The number of nitrogens with one attached hydrogen (secondary N) is 1. The molecule has 0 spiro atoms. The van der Waals surface area contributed by atoms with E-state index in [4.69, 9.17) is 33.0 Å². The number of aliphatic hydroxyl groups excluding tert-OH is 1. The third-order valence-electron chi connectivity index (χ3n) is 3.16. The van der Waals surface area contributed by atoms with Crippen molar-refractivity contribution in [2.45, 2.75) is 18.4 Å². The summed E-state index contributed by atoms with van der Waals surface area (Å²) in [6.07, 6.45) is 0.840. The average molecular weight is 276 g/mol. The third-order valence-corrected chi connectivity index (χ3v) is 3.98. The lowest BCUT2D eigenvalue weighted by molar-refractivity contribution is 0.254. The van der Waals surface area contributed by atoms with Gasteiger partial charge in [-0.25, -0.2) is 0 Å². The highest BCUT2D eigenvalue weighted by Crippen LogP contribution is 2.41.